The van der Waals surface area contributed by atoms with Gasteiger partial charge in [-0.25, -0.2) is 4.98 Å². The summed E-state index contributed by atoms with van der Waals surface area (Å²) in [6, 6.07) is 3.76. The molecule has 0 saturated heterocycles. The molecule has 0 bridgehead atoms. The molecule has 2 rings (SSSR count). The summed E-state index contributed by atoms with van der Waals surface area (Å²) in [5, 5.41) is 4.19. The topological polar surface area (TPSA) is 69.9 Å². The van der Waals surface area contributed by atoms with E-state index in [4.69, 9.17) is 10.2 Å². The van der Waals surface area contributed by atoms with Gasteiger partial charge >= 0.3 is 0 Å². The summed E-state index contributed by atoms with van der Waals surface area (Å²) in [5.74, 6) is 2.70. The highest BCUT2D eigenvalue weighted by molar-refractivity contribution is 5.11. The number of furan rings is 1. The van der Waals surface area contributed by atoms with Crippen LogP contribution in [0.25, 0.3) is 0 Å². The first-order valence-corrected chi connectivity index (χ1v) is 6.45. The van der Waals surface area contributed by atoms with Gasteiger partial charge in [0.2, 0.25) is 0 Å². The van der Waals surface area contributed by atoms with Gasteiger partial charge in [0.25, 0.3) is 0 Å². The van der Waals surface area contributed by atoms with E-state index in [2.05, 4.69) is 23.9 Å². The Balaban J connectivity index is 2.06. The van der Waals surface area contributed by atoms with Crippen molar-refractivity contribution in [1.29, 1.82) is 0 Å². The van der Waals surface area contributed by atoms with Crippen LogP contribution >= 0.6 is 0 Å². The van der Waals surface area contributed by atoms with E-state index in [1.54, 1.807) is 6.33 Å². The molecule has 0 aliphatic rings. The zero-order valence-corrected chi connectivity index (χ0v) is 11.0. The van der Waals surface area contributed by atoms with Crippen molar-refractivity contribution >= 4 is 0 Å². The van der Waals surface area contributed by atoms with Crippen molar-refractivity contribution in [3.63, 3.8) is 0 Å². The molecule has 0 amide bonds. The lowest BCUT2D eigenvalue weighted by molar-refractivity contribution is 0.426. The average molecular weight is 248 g/mol. The summed E-state index contributed by atoms with van der Waals surface area (Å²) in [6.45, 7) is 5.05. The SMILES string of the molecule is CCCn1ncnc1CC(N)c1ccc(CC)o1. The predicted molar refractivity (Wildman–Crippen MR) is 69.0 cm³/mol. The minimum atomic E-state index is -0.162. The molecule has 0 spiro atoms. The second kappa shape index (κ2) is 5.82. The fourth-order valence-corrected chi connectivity index (χ4v) is 1.93. The largest absolute Gasteiger partial charge is 0.464 e. The molecule has 2 aromatic rings. The summed E-state index contributed by atoms with van der Waals surface area (Å²) in [6.07, 6.45) is 4.15. The zero-order chi connectivity index (χ0) is 13.0. The highest BCUT2D eigenvalue weighted by atomic mass is 16.3. The van der Waals surface area contributed by atoms with Crippen molar-refractivity contribution in [2.75, 3.05) is 0 Å². The van der Waals surface area contributed by atoms with E-state index < -0.39 is 0 Å². The van der Waals surface area contributed by atoms with Crippen molar-refractivity contribution in [1.82, 2.24) is 14.8 Å². The molecule has 5 nitrogen and oxygen atoms in total. The molecule has 0 aliphatic carbocycles. The van der Waals surface area contributed by atoms with E-state index in [-0.39, 0.29) is 6.04 Å². The van der Waals surface area contributed by atoms with Crippen LogP contribution in [-0.2, 0) is 19.4 Å². The number of hydrogen-bond donors (Lipinski definition) is 1. The molecule has 0 aliphatic heterocycles. The van der Waals surface area contributed by atoms with Gasteiger partial charge in [-0.1, -0.05) is 13.8 Å². The van der Waals surface area contributed by atoms with Crippen molar-refractivity contribution in [3.8, 4) is 0 Å². The summed E-state index contributed by atoms with van der Waals surface area (Å²) in [5.41, 5.74) is 6.14. The minimum Gasteiger partial charge on any atom is -0.464 e. The first-order chi connectivity index (χ1) is 8.74. The number of hydrogen-bond acceptors (Lipinski definition) is 4. The van der Waals surface area contributed by atoms with Crippen LogP contribution in [0.5, 0.6) is 0 Å². The molecule has 18 heavy (non-hydrogen) atoms. The first kappa shape index (κ1) is 12.8. The first-order valence-electron chi connectivity index (χ1n) is 6.45. The fourth-order valence-electron chi connectivity index (χ4n) is 1.93. The average Bonchev–Trinajstić information content (AvgIpc) is 2.99. The molecule has 2 heterocycles. The summed E-state index contributed by atoms with van der Waals surface area (Å²) >= 11 is 0. The van der Waals surface area contributed by atoms with Crippen LogP contribution in [-0.4, -0.2) is 14.8 Å². The maximum absolute atomic E-state index is 6.14. The van der Waals surface area contributed by atoms with Gasteiger partial charge in [0, 0.05) is 19.4 Å². The van der Waals surface area contributed by atoms with Gasteiger partial charge in [-0.2, -0.15) is 5.10 Å². The number of rotatable bonds is 6. The quantitative estimate of drug-likeness (QED) is 0.849. The lowest BCUT2D eigenvalue weighted by Gasteiger charge is -2.09. The predicted octanol–water partition coefficient (Wildman–Crippen LogP) is 2.09. The van der Waals surface area contributed by atoms with E-state index in [1.807, 2.05) is 16.8 Å². The Morgan fingerprint density at radius 3 is 2.89 bits per heavy atom. The van der Waals surface area contributed by atoms with Crippen LogP contribution in [0.1, 0.15) is 43.7 Å². The lowest BCUT2D eigenvalue weighted by Crippen LogP contribution is -2.16. The Morgan fingerprint density at radius 2 is 2.22 bits per heavy atom. The van der Waals surface area contributed by atoms with E-state index in [1.165, 1.54) is 0 Å². The normalized spacial score (nSPS) is 12.8. The van der Waals surface area contributed by atoms with Gasteiger partial charge in [-0.05, 0) is 18.6 Å². The highest BCUT2D eigenvalue weighted by Crippen LogP contribution is 2.18. The number of nitrogens with two attached hydrogens (primary N) is 1. The van der Waals surface area contributed by atoms with Crippen LogP contribution in [0, 0.1) is 0 Å². The van der Waals surface area contributed by atoms with Gasteiger partial charge in [0.1, 0.15) is 23.7 Å². The summed E-state index contributed by atoms with van der Waals surface area (Å²) in [4.78, 5) is 4.26. The Morgan fingerprint density at radius 1 is 1.39 bits per heavy atom. The van der Waals surface area contributed by atoms with Crippen molar-refractivity contribution in [2.24, 2.45) is 5.73 Å². The molecule has 0 saturated carbocycles. The summed E-state index contributed by atoms with van der Waals surface area (Å²) in [7, 11) is 0. The molecule has 98 valence electrons. The standard InChI is InChI=1S/C13H20N4O/c1-3-7-17-13(15-9-16-17)8-11(14)12-6-5-10(4-2)18-12/h5-6,9,11H,3-4,7-8,14H2,1-2H3. The van der Waals surface area contributed by atoms with Crippen LogP contribution in [0.2, 0.25) is 0 Å². The molecule has 0 radical (unpaired) electrons. The highest BCUT2D eigenvalue weighted by Gasteiger charge is 2.15. The fraction of sp³-hybridized carbons (Fsp3) is 0.538. The Labute approximate surface area is 107 Å². The zero-order valence-electron chi connectivity index (χ0n) is 11.0. The Bertz CT molecular complexity index is 489. The minimum absolute atomic E-state index is 0.162. The Kier molecular flexibility index (Phi) is 4.15. The van der Waals surface area contributed by atoms with Crippen molar-refractivity contribution in [3.05, 3.63) is 35.8 Å². The van der Waals surface area contributed by atoms with Gasteiger partial charge in [-0.15, -0.1) is 0 Å². The molecule has 0 fully saturated rings. The molecule has 2 aromatic heterocycles. The van der Waals surface area contributed by atoms with E-state index >= 15 is 0 Å². The molecule has 5 heteroatoms. The van der Waals surface area contributed by atoms with Gasteiger partial charge < -0.3 is 10.2 Å². The van der Waals surface area contributed by atoms with Crippen LogP contribution < -0.4 is 5.73 Å². The Hall–Kier alpha value is -1.62. The van der Waals surface area contributed by atoms with Crippen LogP contribution in [0.15, 0.2) is 22.9 Å². The van der Waals surface area contributed by atoms with Crippen molar-refractivity contribution in [2.45, 2.75) is 45.7 Å². The molecular weight excluding hydrogens is 228 g/mol. The lowest BCUT2D eigenvalue weighted by atomic mass is 10.1. The smallest absolute Gasteiger partial charge is 0.138 e. The third-order valence-corrected chi connectivity index (χ3v) is 2.93. The van der Waals surface area contributed by atoms with Gasteiger partial charge in [-0.3, -0.25) is 4.68 Å². The second-order valence-corrected chi connectivity index (χ2v) is 4.37. The van der Waals surface area contributed by atoms with Gasteiger partial charge in [0.15, 0.2) is 0 Å². The maximum atomic E-state index is 6.14. The van der Waals surface area contributed by atoms with Crippen LogP contribution in [0.3, 0.4) is 0 Å². The molecule has 0 aromatic carbocycles. The molecule has 1 unspecified atom stereocenters. The number of aryl methyl sites for hydroxylation is 2. The maximum Gasteiger partial charge on any atom is 0.138 e. The third kappa shape index (κ3) is 2.79. The van der Waals surface area contributed by atoms with Crippen LogP contribution in [0.4, 0.5) is 0 Å². The molecule has 1 atom stereocenters. The van der Waals surface area contributed by atoms with E-state index in [0.29, 0.717) is 6.42 Å². The number of aromatic nitrogens is 3. The molecular formula is C13H20N4O. The summed E-state index contributed by atoms with van der Waals surface area (Å²) < 4.78 is 7.57. The van der Waals surface area contributed by atoms with E-state index in [0.717, 1.165) is 36.7 Å². The van der Waals surface area contributed by atoms with Gasteiger partial charge in [0.05, 0.1) is 6.04 Å². The molecule has 2 N–H and O–H groups in total. The van der Waals surface area contributed by atoms with E-state index in [9.17, 15) is 0 Å². The monoisotopic (exact) mass is 248 g/mol. The second-order valence-electron chi connectivity index (χ2n) is 4.37. The number of nitrogens with zero attached hydrogens (tertiary/aromatic N) is 3. The van der Waals surface area contributed by atoms with Crippen molar-refractivity contribution < 1.29 is 4.42 Å². The third-order valence-electron chi connectivity index (χ3n) is 2.93.